The molecular weight excluding hydrogens is 405 g/mol. The van der Waals surface area contributed by atoms with Crippen LogP contribution in [0.2, 0.25) is 5.02 Å². The molecule has 29 heavy (non-hydrogen) atoms. The number of aromatic nitrogens is 3. The number of rotatable bonds is 3. The first-order valence-electron chi connectivity index (χ1n) is 8.40. The summed E-state index contributed by atoms with van der Waals surface area (Å²) in [6.45, 7) is 0. The minimum absolute atomic E-state index is 0.0745. The van der Waals surface area contributed by atoms with Gasteiger partial charge in [-0.25, -0.2) is 9.55 Å². The van der Waals surface area contributed by atoms with Crippen molar-refractivity contribution in [3.8, 4) is 5.69 Å². The molecule has 2 heterocycles. The van der Waals surface area contributed by atoms with Gasteiger partial charge in [0.15, 0.2) is 0 Å². The van der Waals surface area contributed by atoms with Crippen LogP contribution in [0.15, 0.2) is 71.8 Å². The van der Waals surface area contributed by atoms with Gasteiger partial charge in [-0.3, -0.25) is 9.78 Å². The second-order valence-electron chi connectivity index (χ2n) is 6.12. The van der Waals surface area contributed by atoms with E-state index in [-0.39, 0.29) is 16.4 Å². The zero-order valence-electron chi connectivity index (χ0n) is 14.6. The van der Waals surface area contributed by atoms with Gasteiger partial charge in [0.25, 0.3) is 5.56 Å². The number of benzene rings is 2. The molecule has 146 valence electrons. The molecule has 0 radical (unpaired) electrons. The average Bonchev–Trinajstić information content (AvgIpc) is 2.69. The number of pyridine rings is 1. The number of anilines is 2. The average molecular weight is 417 g/mol. The van der Waals surface area contributed by atoms with E-state index in [0.717, 1.165) is 23.0 Å². The van der Waals surface area contributed by atoms with Crippen LogP contribution < -0.4 is 10.9 Å². The fourth-order valence-electron chi connectivity index (χ4n) is 2.92. The molecular formula is C20H12ClF3N4O. The molecule has 5 nitrogen and oxygen atoms in total. The largest absolute Gasteiger partial charge is 0.418 e. The Morgan fingerprint density at radius 2 is 1.79 bits per heavy atom. The first-order chi connectivity index (χ1) is 13.8. The zero-order chi connectivity index (χ0) is 20.6. The van der Waals surface area contributed by atoms with E-state index in [4.69, 9.17) is 11.6 Å². The minimum atomic E-state index is -4.69. The maximum absolute atomic E-state index is 13.6. The standard InChI is InChI=1S/C20H12ClF3N4O/c21-12-6-7-16-14(10-12)18(29)28(17-11-25-9-8-15(17)20(22,23)24)19(27-16)26-13-4-2-1-3-5-13/h1-11H,(H,26,27). The van der Waals surface area contributed by atoms with Crippen molar-refractivity contribution in [1.29, 1.82) is 0 Å². The SMILES string of the molecule is O=c1c2cc(Cl)ccc2nc(Nc2ccccc2)n1-c1cnccc1C(F)(F)F. The topological polar surface area (TPSA) is 59.8 Å². The quantitative estimate of drug-likeness (QED) is 0.499. The van der Waals surface area contributed by atoms with E-state index in [9.17, 15) is 18.0 Å². The molecule has 0 atom stereocenters. The first kappa shape index (κ1) is 18.9. The molecule has 0 saturated carbocycles. The van der Waals surface area contributed by atoms with Crippen LogP contribution in [0.3, 0.4) is 0 Å². The van der Waals surface area contributed by atoms with Crippen LogP contribution in [-0.2, 0) is 6.18 Å². The monoisotopic (exact) mass is 416 g/mol. The van der Waals surface area contributed by atoms with Crippen molar-refractivity contribution in [2.24, 2.45) is 0 Å². The van der Waals surface area contributed by atoms with Crippen LogP contribution in [-0.4, -0.2) is 14.5 Å². The van der Waals surface area contributed by atoms with Gasteiger partial charge in [-0.2, -0.15) is 13.2 Å². The van der Waals surface area contributed by atoms with Crippen molar-refractivity contribution in [2.75, 3.05) is 5.32 Å². The van der Waals surface area contributed by atoms with Gasteiger partial charge >= 0.3 is 6.18 Å². The molecule has 0 amide bonds. The number of hydrogen-bond donors (Lipinski definition) is 1. The summed E-state index contributed by atoms with van der Waals surface area (Å²) >= 11 is 5.98. The molecule has 9 heteroatoms. The fraction of sp³-hybridized carbons (Fsp3) is 0.0500. The number of para-hydroxylation sites is 1. The summed E-state index contributed by atoms with van der Waals surface area (Å²) in [5.41, 5.74) is -1.29. The Morgan fingerprint density at radius 3 is 2.52 bits per heavy atom. The summed E-state index contributed by atoms with van der Waals surface area (Å²) in [5, 5.41) is 3.28. The van der Waals surface area contributed by atoms with Crippen molar-refractivity contribution in [3.63, 3.8) is 0 Å². The van der Waals surface area contributed by atoms with Crippen LogP contribution in [0.1, 0.15) is 5.56 Å². The summed E-state index contributed by atoms with van der Waals surface area (Å²) in [5.74, 6) is -0.0745. The molecule has 0 aliphatic rings. The maximum atomic E-state index is 13.6. The number of nitrogens with one attached hydrogen (secondary N) is 1. The van der Waals surface area contributed by atoms with Crippen molar-refractivity contribution in [3.05, 3.63) is 87.9 Å². The van der Waals surface area contributed by atoms with Crippen LogP contribution in [0.25, 0.3) is 16.6 Å². The smallest absolute Gasteiger partial charge is 0.325 e. The lowest BCUT2D eigenvalue weighted by Gasteiger charge is -2.18. The van der Waals surface area contributed by atoms with E-state index < -0.39 is 23.0 Å². The van der Waals surface area contributed by atoms with E-state index in [2.05, 4.69) is 15.3 Å². The Morgan fingerprint density at radius 1 is 1.03 bits per heavy atom. The Balaban J connectivity index is 2.05. The molecule has 2 aromatic carbocycles. The Bertz CT molecular complexity index is 1260. The molecule has 4 rings (SSSR count). The predicted molar refractivity (Wildman–Crippen MR) is 105 cm³/mol. The van der Waals surface area contributed by atoms with E-state index in [1.54, 1.807) is 36.4 Å². The number of nitrogens with zero attached hydrogens (tertiary/aromatic N) is 3. The number of halogens is 4. The van der Waals surface area contributed by atoms with Gasteiger partial charge in [-0.05, 0) is 36.4 Å². The molecule has 0 spiro atoms. The summed E-state index contributed by atoms with van der Waals surface area (Å²) in [4.78, 5) is 21.4. The second-order valence-corrected chi connectivity index (χ2v) is 6.56. The van der Waals surface area contributed by atoms with E-state index in [0.29, 0.717) is 11.2 Å². The van der Waals surface area contributed by atoms with Crippen molar-refractivity contribution < 1.29 is 13.2 Å². The van der Waals surface area contributed by atoms with Gasteiger partial charge in [-0.1, -0.05) is 29.8 Å². The summed E-state index contributed by atoms with van der Waals surface area (Å²) in [6, 6.07) is 14.0. The fourth-order valence-corrected chi connectivity index (χ4v) is 3.09. The third kappa shape index (κ3) is 3.66. The van der Waals surface area contributed by atoms with Crippen LogP contribution in [0.4, 0.5) is 24.8 Å². The van der Waals surface area contributed by atoms with Crippen LogP contribution in [0.5, 0.6) is 0 Å². The third-order valence-corrected chi connectivity index (χ3v) is 4.44. The number of fused-ring (bicyclic) bond motifs is 1. The van der Waals surface area contributed by atoms with Gasteiger partial charge < -0.3 is 5.32 Å². The van der Waals surface area contributed by atoms with Gasteiger partial charge in [0.1, 0.15) is 0 Å². The summed E-state index contributed by atoms with van der Waals surface area (Å²) in [6.07, 6.45) is -2.68. The highest BCUT2D eigenvalue weighted by atomic mass is 35.5. The first-order valence-corrected chi connectivity index (χ1v) is 8.78. The van der Waals surface area contributed by atoms with Gasteiger partial charge in [0, 0.05) is 16.9 Å². The highest BCUT2D eigenvalue weighted by molar-refractivity contribution is 6.31. The number of hydrogen-bond acceptors (Lipinski definition) is 4. The third-order valence-electron chi connectivity index (χ3n) is 4.21. The van der Waals surface area contributed by atoms with E-state index in [1.807, 2.05) is 0 Å². The second kappa shape index (κ2) is 7.21. The summed E-state index contributed by atoms with van der Waals surface area (Å²) in [7, 11) is 0. The number of alkyl halides is 3. The Kier molecular flexibility index (Phi) is 4.71. The van der Waals surface area contributed by atoms with Gasteiger partial charge in [-0.15, -0.1) is 0 Å². The Hall–Kier alpha value is -3.39. The highest BCUT2D eigenvalue weighted by Gasteiger charge is 2.35. The van der Waals surface area contributed by atoms with Crippen molar-refractivity contribution >= 4 is 34.1 Å². The molecule has 0 bridgehead atoms. The van der Waals surface area contributed by atoms with Crippen molar-refractivity contribution in [2.45, 2.75) is 6.18 Å². The Labute approximate surface area is 167 Å². The van der Waals surface area contributed by atoms with Crippen LogP contribution in [0, 0.1) is 0 Å². The normalized spacial score (nSPS) is 11.6. The molecule has 0 saturated heterocycles. The minimum Gasteiger partial charge on any atom is -0.325 e. The molecule has 4 aromatic rings. The molecule has 0 fully saturated rings. The summed E-state index contributed by atoms with van der Waals surface area (Å²) < 4.78 is 41.7. The highest BCUT2D eigenvalue weighted by Crippen LogP contribution is 2.34. The molecule has 1 N–H and O–H groups in total. The molecule has 0 aliphatic heterocycles. The van der Waals surface area contributed by atoms with Gasteiger partial charge in [0.2, 0.25) is 5.95 Å². The lowest BCUT2D eigenvalue weighted by atomic mass is 10.2. The maximum Gasteiger partial charge on any atom is 0.418 e. The van der Waals surface area contributed by atoms with E-state index >= 15 is 0 Å². The van der Waals surface area contributed by atoms with Gasteiger partial charge in [0.05, 0.1) is 28.4 Å². The lowest BCUT2D eigenvalue weighted by Crippen LogP contribution is -2.25. The molecule has 0 aliphatic carbocycles. The van der Waals surface area contributed by atoms with E-state index in [1.165, 1.54) is 12.1 Å². The molecule has 0 unspecified atom stereocenters. The zero-order valence-corrected chi connectivity index (χ0v) is 15.4. The van der Waals surface area contributed by atoms with Crippen LogP contribution >= 0.6 is 11.6 Å². The molecule has 2 aromatic heterocycles. The van der Waals surface area contributed by atoms with Crippen molar-refractivity contribution in [1.82, 2.24) is 14.5 Å². The predicted octanol–water partition coefficient (Wildman–Crippen LogP) is 5.20. The lowest BCUT2D eigenvalue weighted by molar-refractivity contribution is -0.137.